The minimum absolute atomic E-state index is 0.212. The van der Waals surface area contributed by atoms with Crippen molar-refractivity contribution in [2.24, 2.45) is 11.3 Å². The number of anilines is 1. The van der Waals surface area contributed by atoms with Crippen LogP contribution >= 0.6 is 0 Å². The summed E-state index contributed by atoms with van der Waals surface area (Å²) in [5, 5.41) is 13.1. The van der Waals surface area contributed by atoms with Crippen LogP contribution in [0.1, 0.15) is 19.8 Å². The summed E-state index contributed by atoms with van der Waals surface area (Å²) >= 11 is 0. The van der Waals surface area contributed by atoms with Crippen molar-refractivity contribution < 1.29 is 4.79 Å². The van der Waals surface area contributed by atoms with Crippen LogP contribution in [0.2, 0.25) is 0 Å². The first-order chi connectivity index (χ1) is 9.64. The molecule has 100 valence electrons. The van der Waals surface area contributed by atoms with Crippen molar-refractivity contribution in [1.29, 1.82) is 5.26 Å². The Labute approximate surface area is 117 Å². The number of pyridine rings is 1. The highest BCUT2D eigenvalue weighted by Gasteiger charge is 2.49. The van der Waals surface area contributed by atoms with E-state index in [0.717, 1.165) is 10.9 Å². The molecule has 0 unspecified atom stereocenters. The van der Waals surface area contributed by atoms with Crippen LogP contribution in [0, 0.1) is 22.7 Å². The molecule has 3 rings (SSSR count). The van der Waals surface area contributed by atoms with Crippen molar-refractivity contribution in [3.63, 3.8) is 0 Å². The SMILES string of the molecule is CC1CC(C#N)(C(=O)Nc2cccc3cccnc23)C1. The van der Waals surface area contributed by atoms with Crippen molar-refractivity contribution in [2.45, 2.75) is 19.8 Å². The lowest BCUT2D eigenvalue weighted by atomic mass is 9.63. The molecule has 0 bridgehead atoms. The highest BCUT2D eigenvalue weighted by molar-refractivity contribution is 6.03. The number of carbonyl (C=O) groups is 1. The van der Waals surface area contributed by atoms with Crippen molar-refractivity contribution in [2.75, 3.05) is 5.32 Å². The second-order valence-electron chi connectivity index (χ2n) is 5.54. The number of nitrogens with zero attached hydrogens (tertiary/aromatic N) is 2. The van der Waals surface area contributed by atoms with E-state index in [1.54, 1.807) is 6.20 Å². The standard InChI is InChI=1S/C16H15N3O/c1-11-8-16(9-11,10-17)15(20)19-13-6-2-4-12-5-3-7-18-14(12)13/h2-7,11H,8-9H2,1H3,(H,19,20). The first-order valence-corrected chi connectivity index (χ1v) is 6.71. The topological polar surface area (TPSA) is 65.8 Å². The molecule has 1 fully saturated rings. The largest absolute Gasteiger partial charge is 0.323 e. The summed E-state index contributed by atoms with van der Waals surface area (Å²) in [5.41, 5.74) is 0.558. The Morgan fingerprint density at radius 3 is 2.85 bits per heavy atom. The maximum atomic E-state index is 12.4. The van der Waals surface area contributed by atoms with Gasteiger partial charge in [-0.2, -0.15) is 5.26 Å². The van der Waals surface area contributed by atoms with E-state index in [0.29, 0.717) is 24.4 Å². The maximum Gasteiger partial charge on any atom is 0.244 e. The molecule has 1 saturated carbocycles. The van der Waals surface area contributed by atoms with Crippen LogP contribution in [0.25, 0.3) is 10.9 Å². The number of amides is 1. The van der Waals surface area contributed by atoms with Crippen LogP contribution in [-0.2, 0) is 4.79 Å². The summed E-state index contributed by atoms with van der Waals surface area (Å²) in [6, 6.07) is 11.6. The average molecular weight is 265 g/mol. The van der Waals surface area contributed by atoms with Gasteiger partial charge in [0.15, 0.2) is 0 Å². The number of fused-ring (bicyclic) bond motifs is 1. The number of rotatable bonds is 2. The van der Waals surface area contributed by atoms with Crippen molar-refractivity contribution in [3.8, 4) is 6.07 Å². The number of hydrogen-bond donors (Lipinski definition) is 1. The third-order valence-corrected chi connectivity index (χ3v) is 3.92. The van der Waals surface area contributed by atoms with E-state index >= 15 is 0 Å². The van der Waals surface area contributed by atoms with Gasteiger partial charge in [0.05, 0.1) is 17.3 Å². The van der Waals surface area contributed by atoms with E-state index < -0.39 is 5.41 Å². The monoisotopic (exact) mass is 265 g/mol. The van der Waals surface area contributed by atoms with E-state index in [-0.39, 0.29) is 5.91 Å². The molecular weight excluding hydrogens is 250 g/mol. The van der Waals surface area contributed by atoms with Crippen molar-refractivity contribution in [1.82, 2.24) is 4.98 Å². The minimum atomic E-state index is -0.865. The van der Waals surface area contributed by atoms with Gasteiger partial charge in [-0.05, 0) is 30.9 Å². The van der Waals surface area contributed by atoms with Gasteiger partial charge in [-0.15, -0.1) is 0 Å². The number of hydrogen-bond acceptors (Lipinski definition) is 3. The zero-order chi connectivity index (χ0) is 14.2. The molecule has 1 aliphatic carbocycles. The quantitative estimate of drug-likeness (QED) is 0.907. The van der Waals surface area contributed by atoms with Crippen LogP contribution in [-0.4, -0.2) is 10.9 Å². The maximum absolute atomic E-state index is 12.4. The number of carbonyl (C=O) groups excluding carboxylic acids is 1. The van der Waals surface area contributed by atoms with Crippen LogP contribution in [0.15, 0.2) is 36.5 Å². The fourth-order valence-corrected chi connectivity index (χ4v) is 2.90. The molecule has 0 saturated heterocycles. The van der Waals surface area contributed by atoms with Crippen molar-refractivity contribution in [3.05, 3.63) is 36.5 Å². The van der Waals surface area contributed by atoms with Gasteiger partial charge in [0.2, 0.25) is 5.91 Å². The summed E-state index contributed by atoms with van der Waals surface area (Å²) in [5.74, 6) is 0.224. The highest BCUT2D eigenvalue weighted by Crippen LogP contribution is 2.45. The number of nitrogens with one attached hydrogen (secondary N) is 1. The minimum Gasteiger partial charge on any atom is -0.323 e. The van der Waals surface area contributed by atoms with Gasteiger partial charge in [-0.3, -0.25) is 9.78 Å². The smallest absolute Gasteiger partial charge is 0.244 e. The van der Waals surface area contributed by atoms with Crippen molar-refractivity contribution >= 4 is 22.5 Å². The lowest BCUT2D eigenvalue weighted by molar-refractivity contribution is -0.128. The number of nitriles is 1. The highest BCUT2D eigenvalue weighted by atomic mass is 16.2. The van der Waals surface area contributed by atoms with E-state index in [1.807, 2.05) is 30.3 Å². The number of benzene rings is 1. The number of aromatic nitrogens is 1. The summed E-state index contributed by atoms with van der Waals surface area (Å²) in [6.45, 7) is 2.06. The summed E-state index contributed by atoms with van der Waals surface area (Å²) in [6.07, 6.45) is 2.96. The second kappa shape index (κ2) is 4.61. The Hall–Kier alpha value is -2.41. The van der Waals surface area contributed by atoms with Gasteiger partial charge in [-0.25, -0.2) is 0 Å². The molecule has 1 amide bonds. The van der Waals surface area contributed by atoms with E-state index in [9.17, 15) is 10.1 Å². The Morgan fingerprint density at radius 1 is 1.40 bits per heavy atom. The first-order valence-electron chi connectivity index (χ1n) is 6.71. The van der Waals surface area contributed by atoms with Gasteiger partial charge in [0, 0.05) is 11.6 Å². The molecule has 1 aliphatic rings. The van der Waals surface area contributed by atoms with Gasteiger partial charge >= 0.3 is 0 Å². The Balaban J connectivity index is 1.91. The molecule has 0 atom stereocenters. The Bertz CT molecular complexity index is 706. The average Bonchev–Trinajstić information content (AvgIpc) is 2.44. The summed E-state index contributed by atoms with van der Waals surface area (Å²) < 4.78 is 0. The third-order valence-electron chi connectivity index (χ3n) is 3.92. The molecule has 0 aliphatic heterocycles. The lowest BCUT2D eigenvalue weighted by Gasteiger charge is -2.39. The molecule has 0 spiro atoms. The fraction of sp³-hybridized carbons (Fsp3) is 0.312. The van der Waals surface area contributed by atoms with Gasteiger partial charge in [0.25, 0.3) is 0 Å². The van der Waals surface area contributed by atoms with Crippen LogP contribution < -0.4 is 5.32 Å². The molecular formula is C16H15N3O. The van der Waals surface area contributed by atoms with Gasteiger partial charge in [-0.1, -0.05) is 25.1 Å². The zero-order valence-electron chi connectivity index (χ0n) is 11.3. The predicted octanol–water partition coefficient (Wildman–Crippen LogP) is 3.11. The molecule has 1 aromatic carbocycles. The van der Waals surface area contributed by atoms with Crippen LogP contribution in [0.4, 0.5) is 5.69 Å². The van der Waals surface area contributed by atoms with E-state index in [1.165, 1.54) is 0 Å². The van der Waals surface area contributed by atoms with Gasteiger partial charge in [0.1, 0.15) is 5.41 Å². The number of para-hydroxylation sites is 1. The molecule has 1 N–H and O–H groups in total. The first kappa shape index (κ1) is 12.6. The Morgan fingerprint density at radius 2 is 2.15 bits per heavy atom. The normalized spacial score (nSPS) is 24.7. The fourth-order valence-electron chi connectivity index (χ4n) is 2.90. The van der Waals surface area contributed by atoms with Crippen LogP contribution in [0.5, 0.6) is 0 Å². The zero-order valence-corrected chi connectivity index (χ0v) is 11.3. The summed E-state index contributed by atoms with van der Waals surface area (Å²) in [4.78, 5) is 16.7. The summed E-state index contributed by atoms with van der Waals surface area (Å²) in [7, 11) is 0. The molecule has 2 aromatic rings. The lowest BCUT2D eigenvalue weighted by Crippen LogP contribution is -2.45. The van der Waals surface area contributed by atoms with Gasteiger partial charge < -0.3 is 5.32 Å². The van der Waals surface area contributed by atoms with E-state index in [2.05, 4.69) is 23.3 Å². The molecule has 0 radical (unpaired) electrons. The Kier molecular flexibility index (Phi) is 2.90. The molecule has 4 heteroatoms. The predicted molar refractivity (Wildman–Crippen MR) is 76.8 cm³/mol. The molecule has 4 nitrogen and oxygen atoms in total. The van der Waals surface area contributed by atoms with Crippen LogP contribution in [0.3, 0.4) is 0 Å². The molecule has 1 aromatic heterocycles. The second-order valence-corrected chi connectivity index (χ2v) is 5.54. The molecule has 20 heavy (non-hydrogen) atoms. The van der Waals surface area contributed by atoms with E-state index in [4.69, 9.17) is 0 Å². The molecule has 1 heterocycles. The third kappa shape index (κ3) is 1.92.